The number of rotatable bonds is 12. The second kappa shape index (κ2) is 12.7. The zero-order valence-electron chi connectivity index (χ0n) is 21.8. The molecule has 1 amide bonds. The number of hydrogen-bond donors (Lipinski definition) is 2. The van der Waals surface area contributed by atoms with Gasteiger partial charge in [-0.15, -0.1) is 0 Å². The van der Waals surface area contributed by atoms with E-state index in [1.54, 1.807) is 47.7 Å². The highest BCUT2D eigenvalue weighted by molar-refractivity contribution is 7.93. The molecular weight excluding hydrogens is 527 g/mol. The van der Waals surface area contributed by atoms with E-state index in [9.17, 15) is 22.8 Å². The fourth-order valence-electron chi connectivity index (χ4n) is 4.71. The van der Waals surface area contributed by atoms with Crippen molar-refractivity contribution in [1.82, 2.24) is 20.2 Å². The van der Waals surface area contributed by atoms with Gasteiger partial charge in [-0.25, -0.2) is 18.3 Å². The van der Waals surface area contributed by atoms with Crippen LogP contribution in [0.15, 0.2) is 65.8 Å². The van der Waals surface area contributed by atoms with Gasteiger partial charge in [0.05, 0.1) is 24.3 Å². The van der Waals surface area contributed by atoms with Crippen molar-refractivity contribution in [2.24, 2.45) is 0 Å². The van der Waals surface area contributed by atoms with Gasteiger partial charge >= 0.3 is 0 Å². The van der Waals surface area contributed by atoms with E-state index in [1.807, 2.05) is 11.1 Å². The van der Waals surface area contributed by atoms with E-state index in [0.29, 0.717) is 51.6 Å². The van der Waals surface area contributed by atoms with E-state index in [0.717, 1.165) is 11.1 Å². The van der Waals surface area contributed by atoms with Crippen LogP contribution in [-0.2, 0) is 25.9 Å². The number of methoxy groups -OCH3 is 1. The van der Waals surface area contributed by atoms with Crippen LogP contribution in [-0.4, -0.2) is 78.9 Å². The third kappa shape index (κ3) is 6.47. The molecule has 10 nitrogen and oxygen atoms in total. The number of piperidine rings is 1. The van der Waals surface area contributed by atoms with Crippen LogP contribution in [0.25, 0.3) is 11.1 Å². The van der Waals surface area contributed by atoms with E-state index in [1.165, 1.54) is 24.3 Å². The zero-order chi connectivity index (χ0) is 27.9. The first kappa shape index (κ1) is 28.7. The molecule has 2 N–H and O–H groups in total. The number of halogens is 1. The van der Waals surface area contributed by atoms with Gasteiger partial charge in [0.2, 0.25) is 0 Å². The smallest absolute Gasteiger partial charge is 0.265 e. The van der Waals surface area contributed by atoms with E-state index in [2.05, 4.69) is 5.10 Å². The Bertz CT molecular complexity index is 1340. The molecule has 210 valence electrons. The maximum Gasteiger partial charge on any atom is 0.265 e. The van der Waals surface area contributed by atoms with Gasteiger partial charge in [-0.05, 0) is 54.8 Å². The molecule has 1 fully saturated rings. The Labute approximate surface area is 227 Å². The largest absolute Gasteiger partial charge is 0.494 e. The van der Waals surface area contributed by atoms with Crippen molar-refractivity contribution in [2.75, 3.05) is 40.0 Å². The third-order valence-corrected chi connectivity index (χ3v) is 9.57. The first-order valence-electron chi connectivity index (χ1n) is 12.7. The number of ether oxygens (including phenoxy) is 2. The van der Waals surface area contributed by atoms with Crippen LogP contribution in [0.4, 0.5) is 4.39 Å². The summed E-state index contributed by atoms with van der Waals surface area (Å²) in [6.45, 7) is 2.90. The maximum absolute atomic E-state index is 13.6. The molecule has 0 spiro atoms. The molecule has 0 bridgehead atoms. The number of sulfone groups is 1. The Morgan fingerprint density at radius 2 is 1.74 bits per heavy atom. The minimum Gasteiger partial charge on any atom is -0.494 e. The number of carbonyl (C=O) groups is 1. The summed E-state index contributed by atoms with van der Waals surface area (Å²) in [4.78, 5) is 14.7. The second-order valence-corrected chi connectivity index (χ2v) is 11.7. The molecule has 3 aromatic rings. The summed E-state index contributed by atoms with van der Waals surface area (Å²) < 4.78 is 51.2. The number of aryl methyl sites for hydroxylation is 1. The lowest BCUT2D eigenvalue weighted by molar-refractivity contribution is -0.133. The zero-order valence-corrected chi connectivity index (χ0v) is 22.6. The summed E-state index contributed by atoms with van der Waals surface area (Å²) in [5.74, 6) is -0.713. The fraction of sp³-hybridized carbons (Fsp3) is 0.407. The van der Waals surface area contributed by atoms with E-state index in [4.69, 9.17) is 9.47 Å². The van der Waals surface area contributed by atoms with Gasteiger partial charge in [0.1, 0.15) is 11.6 Å². The van der Waals surface area contributed by atoms with Gasteiger partial charge in [0.15, 0.2) is 14.6 Å². The molecule has 2 aromatic carbocycles. The first-order chi connectivity index (χ1) is 18.8. The molecule has 39 heavy (non-hydrogen) atoms. The highest BCUT2D eigenvalue weighted by atomic mass is 32.2. The molecule has 12 heteroatoms. The monoisotopic (exact) mass is 560 g/mol. The number of benzene rings is 2. The van der Waals surface area contributed by atoms with Crippen LogP contribution in [0.2, 0.25) is 0 Å². The molecule has 2 heterocycles. The average Bonchev–Trinajstić information content (AvgIpc) is 3.43. The van der Waals surface area contributed by atoms with Crippen LogP contribution >= 0.6 is 0 Å². The van der Waals surface area contributed by atoms with Crippen molar-refractivity contribution < 1.29 is 32.3 Å². The van der Waals surface area contributed by atoms with E-state index in [-0.39, 0.29) is 23.6 Å². The van der Waals surface area contributed by atoms with Crippen molar-refractivity contribution in [2.45, 2.75) is 35.4 Å². The quantitative estimate of drug-likeness (QED) is 0.197. The summed E-state index contributed by atoms with van der Waals surface area (Å²) >= 11 is 0. The molecule has 4 rings (SSSR count). The van der Waals surface area contributed by atoms with Crippen LogP contribution in [0, 0.1) is 5.82 Å². The normalized spacial score (nSPS) is 15.7. The number of aromatic nitrogens is 2. The predicted molar refractivity (Wildman–Crippen MR) is 142 cm³/mol. The summed E-state index contributed by atoms with van der Waals surface area (Å²) in [7, 11) is -2.50. The number of hydrogen-bond acceptors (Lipinski definition) is 8. The molecule has 0 aliphatic carbocycles. The molecule has 1 saturated heterocycles. The number of hydroxylamine groups is 1. The Morgan fingerprint density at radius 3 is 2.38 bits per heavy atom. The molecule has 1 aliphatic rings. The Balaban J connectivity index is 1.33. The van der Waals surface area contributed by atoms with Gasteiger partial charge in [0, 0.05) is 51.5 Å². The Morgan fingerprint density at radius 1 is 1.05 bits per heavy atom. The highest BCUT2D eigenvalue weighted by Crippen LogP contribution is 2.36. The lowest BCUT2D eigenvalue weighted by atomic mass is 9.95. The molecule has 0 saturated carbocycles. The summed E-state index contributed by atoms with van der Waals surface area (Å²) in [5.41, 5.74) is 3.34. The van der Waals surface area contributed by atoms with Gasteiger partial charge < -0.3 is 14.4 Å². The second-order valence-electron chi connectivity index (χ2n) is 9.45. The lowest BCUT2D eigenvalue weighted by Gasteiger charge is -2.39. The SMILES string of the molecule is COCCN1CCC(C(=O)NO)(S(=O)(=O)c2ccc(OCCCn3cc(-c4ccc(F)cc4)cn3)cc2)CC1. The Kier molecular flexibility index (Phi) is 9.33. The van der Waals surface area contributed by atoms with Gasteiger partial charge in [-0.2, -0.15) is 5.10 Å². The van der Waals surface area contributed by atoms with E-state index >= 15 is 0 Å². The Hall–Kier alpha value is -3.32. The van der Waals surface area contributed by atoms with E-state index < -0.39 is 20.5 Å². The van der Waals surface area contributed by atoms with Crippen LogP contribution < -0.4 is 10.2 Å². The van der Waals surface area contributed by atoms with Crippen LogP contribution in [0.3, 0.4) is 0 Å². The van der Waals surface area contributed by atoms with Crippen LogP contribution in [0.5, 0.6) is 5.75 Å². The van der Waals surface area contributed by atoms with Crippen molar-refractivity contribution >= 4 is 15.7 Å². The summed E-state index contributed by atoms with van der Waals surface area (Å²) in [6, 6.07) is 12.2. The number of nitrogens with zero attached hydrogens (tertiary/aromatic N) is 3. The van der Waals surface area contributed by atoms with Crippen molar-refractivity contribution in [1.29, 1.82) is 0 Å². The predicted octanol–water partition coefficient (Wildman–Crippen LogP) is 2.92. The minimum absolute atomic E-state index is 0.00587. The topological polar surface area (TPSA) is 123 Å². The standard InChI is InChI=1S/C27H33FN4O6S/c1-37-18-16-31-14-11-27(12-15-31,26(33)30-34)39(35,36)25-9-7-24(8-10-25)38-17-2-13-32-20-22(19-29-32)21-3-5-23(28)6-4-21/h3-10,19-20,34H,2,11-18H2,1H3,(H,30,33). The summed E-state index contributed by atoms with van der Waals surface area (Å²) in [6.07, 6.45) is 4.37. The molecular formula is C27H33FN4O6S. The van der Waals surface area contributed by atoms with Crippen molar-refractivity contribution in [3.05, 3.63) is 66.7 Å². The number of amides is 1. The molecule has 0 radical (unpaired) electrons. The lowest BCUT2D eigenvalue weighted by Crippen LogP contribution is -2.57. The molecule has 1 aromatic heterocycles. The maximum atomic E-state index is 13.6. The van der Waals surface area contributed by atoms with Crippen LogP contribution in [0.1, 0.15) is 19.3 Å². The number of likely N-dealkylation sites (tertiary alicyclic amines) is 1. The van der Waals surface area contributed by atoms with Gasteiger partial charge in [-0.1, -0.05) is 12.1 Å². The number of nitrogens with one attached hydrogen (secondary N) is 1. The van der Waals surface area contributed by atoms with Crippen molar-refractivity contribution in [3.63, 3.8) is 0 Å². The summed E-state index contributed by atoms with van der Waals surface area (Å²) in [5, 5.41) is 13.7. The molecule has 0 atom stereocenters. The van der Waals surface area contributed by atoms with Crippen molar-refractivity contribution in [3.8, 4) is 16.9 Å². The fourth-order valence-corrected chi connectivity index (χ4v) is 6.67. The molecule has 1 aliphatic heterocycles. The average molecular weight is 561 g/mol. The molecule has 0 unspecified atom stereocenters. The van der Waals surface area contributed by atoms with Gasteiger partial charge in [-0.3, -0.25) is 14.7 Å². The number of carbonyl (C=O) groups excluding carboxylic acids is 1. The third-order valence-electron chi connectivity index (χ3n) is 7.05. The highest BCUT2D eigenvalue weighted by Gasteiger charge is 2.52. The minimum atomic E-state index is -4.10. The first-order valence-corrected chi connectivity index (χ1v) is 14.2. The van der Waals surface area contributed by atoms with Gasteiger partial charge in [0.25, 0.3) is 5.91 Å².